The van der Waals surface area contributed by atoms with E-state index in [-0.39, 0.29) is 24.8 Å². The highest BCUT2D eigenvalue weighted by Crippen LogP contribution is 2.28. The van der Waals surface area contributed by atoms with Gasteiger partial charge in [0, 0.05) is 19.3 Å². The van der Waals surface area contributed by atoms with Gasteiger partial charge in [-0.25, -0.2) is 4.52 Å². The van der Waals surface area contributed by atoms with Gasteiger partial charge in [0.2, 0.25) is 0 Å². The van der Waals surface area contributed by atoms with Crippen LogP contribution in [0.15, 0.2) is 24.4 Å². The summed E-state index contributed by atoms with van der Waals surface area (Å²) in [7, 11) is 0. The van der Waals surface area contributed by atoms with E-state index in [9.17, 15) is 0 Å². The quantitative estimate of drug-likeness (QED) is 0.869. The highest BCUT2D eigenvalue weighted by molar-refractivity contribution is 5.85. The van der Waals surface area contributed by atoms with Crippen LogP contribution in [-0.2, 0) is 0 Å². The van der Waals surface area contributed by atoms with Crippen molar-refractivity contribution in [1.29, 1.82) is 0 Å². The number of anilines is 2. The Hall–Kier alpha value is -1.13. The number of rotatable bonds is 1. The molecular weight excluding hydrogens is 259 g/mol. The fourth-order valence-electron chi connectivity index (χ4n) is 2.17. The number of pyridine rings is 1. The lowest BCUT2D eigenvalue weighted by atomic mass is 10.3. The van der Waals surface area contributed by atoms with Gasteiger partial charge in [0.25, 0.3) is 0 Å². The number of aromatic nitrogens is 2. The van der Waals surface area contributed by atoms with E-state index >= 15 is 0 Å². The number of nitrogens with zero attached hydrogens (tertiary/aromatic N) is 3. The lowest BCUT2D eigenvalue weighted by Gasteiger charge is -2.13. The molecule has 0 radical (unpaired) electrons. The Kier molecular flexibility index (Phi) is 4.48. The molecule has 1 aliphatic rings. The average molecular weight is 275 g/mol. The second-order valence-corrected chi connectivity index (χ2v) is 3.96. The van der Waals surface area contributed by atoms with Crippen molar-refractivity contribution in [1.82, 2.24) is 9.61 Å². The Bertz CT molecular complexity index is 491. The molecule has 4 nitrogen and oxygen atoms in total. The third-order valence-electron chi connectivity index (χ3n) is 2.96. The molecule has 17 heavy (non-hydrogen) atoms. The van der Waals surface area contributed by atoms with Crippen LogP contribution in [-0.4, -0.2) is 22.7 Å². The Labute approximate surface area is 113 Å². The van der Waals surface area contributed by atoms with Crippen molar-refractivity contribution in [3.05, 3.63) is 24.4 Å². The normalized spacial score (nSPS) is 14.5. The molecule has 1 saturated heterocycles. The van der Waals surface area contributed by atoms with E-state index in [1.165, 1.54) is 12.8 Å². The van der Waals surface area contributed by atoms with Crippen LogP contribution in [0.4, 0.5) is 11.5 Å². The fraction of sp³-hybridized carbons (Fsp3) is 0.364. The third kappa shape index (κ3) is 2.28. The molecule has 0 spiro atoms. The van der Waals surface area contributed by atoms with Gasteiger partial charge < -0.3 is 10.6 Å². The molecule has 2 N–H and O–H groups in total. The third-order valence-corrected chi connectivity index (χ3v) is 2.96. The van der Waals surface area contributed by atoms with Crippen LogP contribution in [0.2, 0.25) is 0 Å². The molecule has 0 amide bonds. The van der Waals surface area contributed by atoms with Crippen LogP contribution in [0.3, 0.4) is 0 Å². The molecule has 1 fully saturated rings. The van der Waals surface area contributed by atoms with Gasteiger partial charge in [-0.15, -0.1) is 29.9 Å². The monoisotopic (exact) mass is 274 g/mol. The lowest BCUT2D eigenvalue weighted by molar-refractivity contribution is 0.885. The molecule has 0 atom stereocenters. The molecule has 0 unspecified atom stereocenters. The average Bonchev–Trinajstić information content (AvgIpc) is 2.87. The van der Waals surface area contributed by atoms with Gasteiger partial charge in [0.05, 0.1) is 5.52 Å². The van der Waals surface area contributed by atoms with Crippen molar-refractivity contribution in [2.45, 2.75) is 12.8 Å². The van der Waals surface area contributed by atoms with E-state index < -0.39 is 0 Å². The zero-order valence-electron chi connectivity index (χ0n) is 9.37. The number of nitrogens with two attached hydrogens (primary N) is 1. The Balaban J connectivity index is 0.000000722. The standard InChI is InChI=1S/C11H14N4.2ClH/c12-10-9-5-1-2-8-15(9)13-11(10)14-6-3-4-7-14;;/h1-2,5,8H,3-4,6-7,12H2;2*1H. The fourth-order valence-corrected chi connectivity index (χ4v) is 2.17. The summed E-state index contributed by atoms with van der Waals surface area (Å²) in [6.45, 7) is 2.15. The largest absolute Gasteiger partial charge is 0.394 e. The van der Waals surface area contributed by atoms with E-state index in [0.717, 1.165) is 30.1 Å². The summed E-state index contributed by atoms with van der Waals surface area (Å²) in [6.07, 6.45) is 4.42. The molecule has 0 aliphatic carbocycles. The molecule has 0 aromatic carbocycles. The summed E-state index contributed by atoms with van der Waals surface area (Å²) in [4.78, 5) is 2.27. The van der Waals surface area contributed by atoms with E-state index in [4.69, 9.17) is 5.73 Å². The molecule has 3 heterocycles. The van der Waals surface area contributed by atoms with E-state index in [2.05, 4.69) is 10.00 Å². The van der Waals surface area contributed by atoms with Gasteiger partial charge in [-0.2, -0.15) is 0 Å². The van der Waals surface area contributed by atoms with Crippen LogP contribution in [0.25, 0.3) is 5.52 Å². The topological polar surface area (TPSA) is 46.6 Å². The first-order chi connectivity index (χ1) is 7.36. The van der Waals surface area contributed by atoms with Gasteiger partial charge in [-0.05, 0) is 25.0 Å². The van der Waals surface area contributed by atoms with E-state index in [0.29, 0.717) is 0 Å². The predicted molar refractivity (Wildman–Crippen MR) is 75.5 cm³/mol. The van der Waals surface area contributed by atoms with Crippen LogP contribution in [0.1, 0.15) is 12.8 Å². The van der Waals surface area contributed by atoms with Crippen molar-refractivity contribution in [2.24, 2.45) is 0 Å². The first kappa shape index (κ1) is 13.9. The van der Waals surface area contributed by atoms with E-state index in [1.807, 2.05) is 28.9 Å². The van der Waals surface area contributed by atoms with Crippen LogP contribution < -0.4 is 10.6 Å². The van der Waals surface area contributed by atoms with Gasteiger partial charge in [-0.1, -0.05) is 6.07 Å². The molecule has 0 bridgehead atoms. The van der Waals surface area contributed by atoms with Crippen molar-refractivity contribution >= 4 is 41.8 Å². The molecule has 0 saturated carbocycles. The van der Waals surface area contributed by atoms with Gasteiger partial charge >= 0.3 is 0 Å². The minimum atomic E-state index is 0. The number of hydrogen-bond donors (Lipinski definition) is 1. The van der Waals surface area contributed by atoms with E-state index in [1.54, 1.807) is 0 Å². The Morgan fingerprint density at radius 3 is 2.47 bits per heavy atom. The second kappa shape index (κ2) is 5.47. The van der Waals surface area contributed by atoms with Crippen molar-refractivity contribution in [2.75, 3.05) is 23.7 Å². The summed E-state index contributed by atoms with van der Waals surface area (Å²) >= 11 is 0. The molecule has 6 heteroatoms. The predicted octanol–water partition coefficient (Wildman–Crippen LogP) is 2.36. The molecular formula is C11H16Cl2N4. The number of fused-ring (bicyclic) bond motifs is 1. The second-order valence-electron chi connectivity index (χ2n) is 3.96. The van der Waals surface area contributed by atoms with Crippen LogP contribution in [0, 0.1) is 0 Å². The molecule has 94 valence electrons. The molecule has 2 aromatic rings. The SMILES string of the molecule is Cl.Cl.Nc1c(N2CCCC2)nn2ccccc12. The van der Waals surface area contributed by atoms with Crippen molar-refractivity contribution in [3.63, 3.8) is 0 Å². The minimum Gasteiger partial charge on any atom is -0.394 e. The van der Waals surface area contributed by atoms with Gasteiger partial charge in [-0.3, -0.25) is 0 Å². The maximum Gasteiger partial charge on any atom is 0.174 e. The van der Waals surface area contributed by atoms with Gasteiger partial charge in [0.15, 0.2) is 5.82 Å². The Morgan fingerprint density at radius 2 is 1.82 bits per heavy atom. The summed E-state index contributed by atoms with van der Waals surface area (Å²) in [6, 6.07) is 5.95. The molecule has 2 aromatic heterocycles. The minimum absolute atomic E-state index is 0. The number of hydrogen-bond acceptors (Lipinski definition) is 3. The Morgan fingerprint density at radius 1 is 1.12 bits per heavy atom. The maximum atomic E-state index is 6.09. The van der Waals surface area contributed by atoms with Crippen LogP contribution >= 0.6 is 24.8 Å². The summed E-state index contributed by atoms with van der Waals surface area (Å²) < 4.78 is 1.85. The smallest absolute Gasteiger partial charge is 0.174 e. The first-order valence-corrected chi connectivity index (χ1v) is 5.34. The number of halogens is 2. The highest BCUT2D eigenvalue weighted by atomic mass is 35.5. The zero-order chi connectivity index (χ0) is 10.3. The summed E-state index contributed by atoms with van der Waals surface area (Å²) in [5, 5.41) is 4.51. The maximum absolute atomic E-state index is 6.09. The van der Waals surface area contributed by atoms with Crippen LogP contribution in [0.5, 0.6) is 0 Å². The van der Waals surface area contributed by atoms with Crippen molar-refractivity contribution in [3.8, 4) is 0 Å². The summed E-state index contributed by atoms with van der Waals surface area (Å²) in [5.74, 6) is 0.943. The van der Waals surface area contributed by atoms with Gasteiger partial charge in [0.1, 0.15) is 5.69 Å². The summed E-state index contributed by atoms with van der Waals surface area (Å²) in [5.41, 5.74) is 7.90. The zero-order valence-corrected chi connectivity index (χ0v) is 11.0. The lowest BCUT2D eigenvalue weighted by Crippen LogP contribution is -2.19. The van der Waals surface area contributed by atoms with Crippen molar-refractivity contribution < 1.29 is 0 Å². The molecule has 1 aliphatic heterocycles. The number of nitrogen functional groups attached to an aromatic ring is 1. The first-order valence-electron chi connectivity index (χ1n) is 5.34. The highest BCUT2D eigenvalue weighted by Gasteiger charge is 2.19. The molecule has 3 rings (SSSR count).